The Labute approximate surface area is 101 Å². The lowest BCUT2D eigenvalue weighted by Crippen LogP contribution is -2.29. The number of aliphatic carboxylic acids is 1. The number of amides is 1. The van der Waals surface area contributed by atoms with Crippen molar-refractivity contribution in [2.45, 2.75) is 33.2 Å². The van der Waals surface area contributed by atoms with Gasteiger partial charge in [-0.3, -0.25) is 9.59 Å². The second-order valence-electron chi connectivity index (χ2n) is 4.16. The van der Waals surface area contributed by atoms with Crippen LogP contribution in [0.1, 0.15) is 36.1 Å². The van der Waals surface area contributed by atoms with Gasteiger partial charge in [0.15, 0.2) is 0 Å². The molecule has 0 aliphatic carbocycles. The highest BCUT2D eigenvalue weighted by atomic mass is 16.4. The van der Waals surface area contributed by atoms with Crippen molar-refractivity contribution in [3.8, 4) is 0 Å². The minimum Gasteiger partial charge on any atom is -0.481 e. The molecular formula is C13H17NO3. The predicted molar refractivity (Wildman–Crippen MR) is 64.7 cm³/mol. The Morgan fingerprint density at radius 1 is 1.29 bits per heavy atom. The van der Waals surface area contributed by atoms with E-state index in [9.17, 15) is 9.59 Å². The molecule has 1 amide bonds. The molecule has 92 valence electrons. The van der Waals surface area contributed by atoms with Gasteiger partial charge in [0.2, 0.25) is 5.91 Å². The van der Waals surface area contributed by atoms with E-state index in [1.807, 2.05) is 32.0 Å². The molecule has 17 heavy (non-hydrogen) atoms. The predicted octanol–water partition coefficient (Wildman–Crippen LogP) is 1.96. The van der Waals surface area contributed by atoms with Crippen molar-refractivity contribution in [1.82, 2.24) is 5.32 Å². The number of hydrogen-bond donors (Lipinski definition) is 2. The standard InChI is InChI=1S/C13H17NO3/c1-8-5-4-6-9(2)13(8)11(7-12(16)17)14-10(3)15/h4-6,11H,7H2,1-3H3,(H,14,15)(H,16,17)/t11-/m1/s1. The summed E-state index contributed by atoms with van der Waals surface area (Å²) in [7, 11) is 0. The van der Waals surface area contributed by atoms with Crippen LogP contribution in [0.5, 0.6) is 0 Å². The zero-order valence-corrected chi connectivity index (χ0v) is 10.3. The van der Waals surface area contributed by atoms with Gasteiger partial charge in [-0.25, -0.2) is 0 Å². The lowest BCUT2D eigenvalue weighted by atomic mass is 9.94. The third-order valence-corrected chi connectivity index (χ3v) is 2.65. The molecule has 0 heterocycles. The van der Waals surface area contributed by atoms with E-state index < -0.39 is 12.0 Å². The van der Waals surface area contributed by atoms with Crippen LogP contribution in [0.2, 0.25) is 0 Å². The Morgan fingerprint density at radius 3 is 2.24 bits per heavy atom. The van der Waals surface area contributed by atoms with Crippen LogP contribution in [-0.2, 0) is 9.59 Å². The lowest BCUT2D eigenvalue weighted by molar-refractivity contribution is -0.137. The summed E-state index contributed by atoms with van der Waals surface area (Å²) >= 11 is 0. The molecule has 0 saturated heterocycles. The van der Waals surface area contributed by atoms with E-state index in [1.54, 1.807) is 0 Å². The Balaban J connectivity index is 3.11. The maximum atomic E-state index is 11.1. The molecule has 0 aliphatic rings. The highest BCUT2D eigenvalue weighted by Crippen LogP contribution is 2.24. The largest absolute Gasteiger partial charge is 0.481 e. The topological polar surface area (TPSA) is 66.4 Å². The van der Waals surface area contributed by atoms with Crippen LogP contribution in [0.15, 0.2) is 18.2 Å². The maximum Gasteiger partial charge on any atom is 0.305 e. The first-order valence-corrected chi connectivity index (χ1v) is 5.47. The molecule has 0 saturated carbocycles. The molecule has 0 bridgehead atoms. The fourth-order valence-electron chi connectivity index (χ4n) is 2.02. The van der Waals surface area contributed by atoms with Crippen LogP contribution in [0, 0.1) is 13.8 Å². The van der Waals surface area contributed by atoms with E-state index in [-0.39, 0.29) is 12.3 Å². The smallest absolute Gasteiger partial charge is 0.305 e. The monoisotopic (exact) mass is 235 g/mol. The maximum absolute atomic E-state index is 11.1. The highest BCUT2D eigenvalue weighted by molar-refractivity contribution is 5.75. The first kappa shape index (κ1) is 13.2. The number of hydrogen-bond acceptors (Lipinski definition) is 2. The molecule has 2 N–H and O–H groups in total. The Kier molecular flexibility index (Phi) is 4.26. The molecule has 0 aromatic heterocycles. The van der Waals surface area contributed by atoms with Crippen LogP contribution in [0.3, 0.4) is 0 Å². The highest BCUT2D eigenvalue weighted by Gasteiger charge is 2.19. The quantitative estimate of drug-likeness (QED) is 0.838. The van der Waals surface area contributed by atoms with Crippen molar-refractivity contribution in [2.24, 2.45) is 0 Å². The first-order valence-electron chi connectivity index (χ1n) is 5.47. The second-order valence-corrected chi connectivity index (χ2v) is 4.16. The van der Waals surface area contributed by atoms with Gasteiger partial charge in [-0.15, -0.1) is 0 Å². The van der Waals surface area contributed by atoms with Gasteiger partial charge in [0.05, 0.1) is 12.5 Å². The summed E-state index contributed by atoms with van der Waals surface area (Å²) in [5.41, 5.74) is 2.88. The minimum absolute atomic E-state index is 0.106. The summed E-state index contributed by atoms with van der Waals surface area (Å²) in [6, 6.07) is 5.28. The lowest BCUT2D eigenvalue weighted by Gasteiger charge is -2.20. The minimum atomic E-state index is -0.925. The molecule has 0 radical (unpaired) electrons. The summed E-state index contributed by atoms with van der Waals surface area (Å²) in [5.74, 6) is -1.15. The molecule has 1 atom stereocenters. The van der Waals surface area contributed by atoms with E-state index in [0.717, 1.165) is 16.7 Å². The summed E-state index contributed by atoms with van der Waals surface area (Å²) < 4.78 is 0. The van der Waals surface area contributed by atoms with Gasteiger partial charge in [0.25, 0.3) is 0 Å². The van der Waals surface area contributed by atoms with Gasteiger partial charge < -0.3 is 10.4 Å². The van der Waals surface area contributed by atoms with Crippen molar-refractivity contribution in [2.75, 3.05) is 0 Å². The average molecular weight is 235 g/mol. The van der Waals surface area contributed by atoms with Crippen molar-refractivity contribution < 1.29 is 14.7 Å². The average Bonchev–Trinajstić information content (AvgIpc) is 2.14. The fourth-order valence-corrected chi connectivity index (χ4v) is 2.02. The number of carbonyl (C=O) groups is 2. The van der Waals surface area contributed by atoms with E-state index >= 15 is 0 Å². The van der Waals surface area contributed by atoms with Crippen LogP contribution in [0.4, 0.5) is 0 Å². The van der Waals surface area contributed by atoms with E-state index in [0.29, 0.717) is 0 Å². The number of benzene rings is 1. The van der Waals surface area contributed by atoms with Gasteiger partial charge in [-0.05, 0) is 30.5 Å². The molecule has 0 unspecified atom stereocenters. The Bertz CT molecular complexity index is 404. The summed E-state index contributed by atoms with van der Waals surface area (Å²) in [6.07, 6.45) is -0.106. The van der Waals surface area contributed by atoms with E-state index in [4.69, 9.17) is 5.11 Å². The van der Waals surface area contributed by atoms with Crippen molar-refractivity contribution in [3.05, 3.63) is 34.9 Å². The molecule has 4 nitrogen and oxygen atoms in total. The number of rotatable bonds is 4. The van der Waals surface area contributed by atoms with Gasteiger partial charge in [0.1, 0.15) is 0 Å². The molecule has 0 aliphatic heterocycles. The number of nitrogens with one attached hydrogen (secondary N) is 1. The molecule has 0 fully saturated rings. The third-order valence-electron chi connectivity index (χ3n) is 2.65. The summed E-state index contributed by atoms with van der Waals surface area (Å²) in [6.45, 7) is 5.22. The van der Waals surface area contributed by atoms with Gasteiger partial charge in [-0.2, -0.15) is 0 Å². The first-order chi connectivity index (χ1) is 7.91. The fraction of sp³-hybridized carbons (Fsp3) is 0.385. The van der Waals surface area contributed by atoms with Crippen LogP contribution in [-0.4, -0.2) is 17.0 Å². The zero-order valence-electron chi connectivity index (χ0n) is 10.3. The Hall–Kier alpha value is -1.84. The summed E-state index contributed by atoms with van der Waals surface area (Å²) in [5, 5.41) is 11.6. The second kappa shape index (κ2) is 5.48. The Morgan fingerprint density at radius 2 is 1.82 bits per heavy atom. The van der Waals surface area contributed by atoms with Gasteiger partial charge in [0, 0.05) is 6.92 Å². The van der Waals surface area contributed by atoms with Crippen LogP contribution >= 0.6 is 0 Å². The number of carbonyl (C=O) groups excluding carboxylic acids is 1. The van der Waals surface area contributed by atoms with Crippen molar-refractivity contribution in [3.63, 3.8) is 0 Å². The van der Waals surface area contributed by atoms with Crippen LogP contribution in [0.25, 0.3) is 0 Å². The number of carboxylic acid groups (broad SMARTS) is 1. The number of aryl methyl sites for hydroxylation is 2. The SMILES string of the molecule is CC(=O)N[C@H](CC(=O)O)c1c(C)cccc1C. The van der Waals surface area contributed by atoms with Gasteiger partial charge in [-0.1, -0.05) is 18.2 Å². The molecule has 1 aromatic rings. The molecule has 1 aromatic carbocycles. The zero-order chi connectivity index (χ0) is 13.0. The number of carboxylic acids is 1. The van der Waals surface area contributed by atoms with Crippen molar-refractivity contribution in [1.29, 1.82) is 0 Å². The van der Waals surface area contributed by atoms with Crippen LogP contribution < -0.4 is 5.32 Å². The van der Waals surface area contributed by atoms with Gasteiger partial charge >= 0.3 is 5.97 Å². The van der Waals surface area contributed by atoms with E-state index in [2.05, 4.69) is 5.32 Å². The molecule has 4 heteroatoms. The molecular weight excluding hydrogens is 218 g/mol. The van der Waals surface area contributed by atoms with E-state index in [1.165, 1.54) is 6.92 Å². The normalized spacial score (nSPS) is 11.9. The third kappa shape index (κ3) is 3.59. The summed E-state index contributed by atoms with van der Waals surface area (Å²) in [4.78, 5) is 22.0. The molecule has 1 rings (SSSR count). The molecule has 0 spiro atoms. The van der Waals surface area contributed by atoms with Crippen molar-refractivity contribution >= 4 is 11.9 Å².